The molecule has 27 heavy (non-hydrogen) atoms. The Balaban J connectivity index is -0.0000000945. The number of hydrogen-bond donors (Lipinski definition) is 1. The van der Waals surface area contributed by atoms with Gasteiger partial charge in [0, 0.05) is 6.42 Å². The molecule has 0 spiro atoms. The van der Waals surface area contributed by atoms with Crippen molar-refractivity contribution in [1.29, 1.82) is 0 Å². The van der Waals surface area contributed by atoms with E-state index in [9.17, 15) is 4.79 Å². The summed E-state index contributed by atoms with van der Waals surface area (Å²) in [4.78, 5) is 11.1. The van der Waals surface area contributed by atoms with Gasteiger partial charge in [-0.15, -0.1) is 65.8 Å². The molecule has 162 valence electrons. The van der Waals surface area contributed by atoms with Crippen molar-refractivity contribution in [2.45, 2.75) is 71.1 Å². The first-order valence-electron chi connectivity index (χ1n) is 9.57. The summed E-state index contributed by atoms with van der Waals surface area (Å²) in [7, 11) is 0. The fourth-order valence-electron chi connectivity index (χ4n) is 1.81. The Kier molecular flexibility index (Phi) is 95.7. The van der Waals surface area contributed by atoms with Gasteiger partial charge in [-0.3, -0.25) is 4.79 Å². The van der Waals surface area contributed by atoms with Gasteiger partial charge in [0.1, 0.15) is 6.61 Å². The number of carbonyl (C=O) groups excluding carboxylic acids is 1. The van der Waals surface area contributed by atoms with Crippen molar-refractivity contribution in [1.82, 2.24) is 0 Å². The van der Waals surface area contributed by atoms with Crippen LogP contribution in [0.3, 0.4) is 0 Å². The van der Waals surface area contributed by atoms with E-state index in [4.69, 9.17) is 9.84 Å². The molecule has 0 bridgehead atoms. The molecule has 0 radical (unpaired) electrons. The number of hydrogen-bond acceptors (Lipinski definition) is 3. The molecule has 0 unspecified atom stereocenters. The second-order valence-electron chi connectivity index (χ2n) is 4.52. The van der Waals surface area contributed by atoms with Crippen LogP contribution in [0.5, 0.6) is 0 Å². The summed E-state index contributed by atoms with van der Waals surface area (Å²) in [6.07, 6.45) is 11.7. The third-order valence-electron chi connectivity index (χ3n) is 2.84. The van der Waals surface area contributed by atoms with Gasteiger partial charge in [0.15, 0.2) is 0 Å². The summed E-state index contributed by atoms with van der Waals surface area (Å²) in [5.41, 5.74) is 0. The maximum atomic E-state index is 11.1. The van der Waals surface area contributed by atoms with E-state index in [-0.39, 0.29) is 19.2 Å². The second-order valence-corrected chi connectivity index (χ2v) is 4.52. The zero-order chi connectivity index (χ0) is 22.8. The van der Waals surface area contributed by atoms with Gasteiger partial charge in [-0.05, 0) is 6.42 Å². The average molecular weight is 385 g/mol. The standard InChI is InChI=1S/C14H28O3.5C2H4/c1-2-3-4-5-6-7-8-9-10-11-14(16)17-13-12-15;5*1-2/h15H,2-13H2,1H3;5*1-2H2. The van der Waals surface area contributed by atoms with Gasteiger partial charge in [-0.2, -0.15) is 0 Å². The number of aliphatic hydroxyl groups excluding tert-OH is 1. The molecule has 0 saturated carbocycles. The summed E-state index contributed by atoms with van der Waals surface area (Å²) in [5.74, 6) is -0.179. The van der Waals surface area contributed by atoms with Crippen molar-refractivity contribution in [3.8, 4) is 0 Å². The van der Waals surface area contributed by atoms with Crippen LogP contribution in [0.15, 0.2) is 65.8 Å². The van der Waals surface area contributed by atoms with E-state index >= 15 is 0 Å². The SMILES string of the molecule is C=C.C=C.C=C.C=C.C=C.CCCCCCCCCCCC(=O)OCCO. The molecule has 3 heteroatoms. The predicted molar refractivity (Wildman–Crippen MR) is 126 cm³/mol. The van der Waals surface area contributed by atoms with E-state index in [1.54, 1.807) is 0 Å². The Morgan fingerprint density at radius 1 is 0.667 bits per heavy atom. The summed E-state index contributed by atoms with van der Waals surface area (Å²) in [5, 5.41) is 8.47. The van der Waals surface area contributed by atoms with Crippen LogP contribution in [0.2, 0.25) is 0 Å². The third-order valence-corrected chi connectivity index (χ3v) is 2.84. The van der Waals surface area contributed by atoms with Crippen molar-refractivity contribution in [2.75, 3.05) is 13.2 Å². The molecule has 0 aromatic carbocycles. The molecule has 0 heterocycles. The minimum absolute atomic E-state index is 0.0799. The molecule has 0 aliphatic heterocycles. The minimum atomic E-state index is -0.179. The van der Waals surface area contributed by atoms with Crippen LogP contribution in [0.25, 0.3) is 0 Å². The molecule has 0 aliphatic rings. The first-order chi connectivity index (χ1) is 13.3. The van der Waals surface area contributed by atoms with Gasteiger partial charge in [-0.25, -0.2) is 0 Å². The molecule has 0 aliphatic carbocycles. The lowest BCUT2D eigenvalue weighted by molar-refractivity contribution is -0.144. The maximum Gasteiger partial charge on any atom is 0.305 e. The maximum absolute atomic E-state index is 11.1. The Labute approximate surface area is 171 Å². The van der Waals surface area contributed by atoms with E-state index < -0.39 is 0 Å². The summed E-state index contributed by atoms with van der Waals surface area (Å²) in [6.45, 7) is 32.3. The van der Waals surface area contributed by atoms with E-state index in [0.717, 1.165) is 12.8 Å². The molecule has 0 aromatic heterocycles. The molecule has 3 nitrogen and oxygen atoms in total. The Hall–Kier alpha value is -1.87. The number of rotatable bonds is 12. The Bertz CT molecular complexity index is 218. The predicted octanol–water partition coefficient (Wildman–Crippen LogP) is 7.45. The van der Waals surface area contributed by atoms with Gasteiger partial charge in [0.2, 0.25) is 0 Å². The largest absolute Gasteiger partial charge is 0.463 e. The Morgan fingerprint density at radius 3 is 1.33 bits per heavy atom. The summed E-state index contributed by atoms with van der Waals surface area (Å²) < 4.78 is 4.77. The molecule has 0 saturated heterocycles. The fraction of sp³-hybridized carbons (Fsp3) is 0.542. The molecular formula is C24H48O3. The van der Waals surface area contributed by atoms with Gasteiger partial charge in [0.05, 0.1) is 6.61 Å². The zero-order valence-corrected chi connectivity index (χ0v) is 18.3. The molecular weight excluding hydrogens is 336 g/mol. The topological polar surface area (TPSA) is 46.5 Å². The molecule has 1 N–H and O–H groups in total. The second kappa shape index (κ2) is 64.7. The lowest BCUT2D eigenvalue weighted by Crippen LogP contribution is -2.07. The van der Waals surface area contributed by atoms with Gasteiger partial charge in [-0.1, -0.05) is 58.3 Å². The first kappa shape index (κ1) is 40.0. The van der Waals surface area contributed by atoms with Crippen molar-refractivity contribution >= 4 is 5.97 Å². The van der Waals surface area contributed by atoms with Crippen LogP contribution in [-0.2, 0) is 9.53 Å². The van der Waals surface area contributed by atoms with E-state index in [1.807, 2.05) is 0 Å². The average Bonchev–Trinajstić information content (AvgIpc) is 2.78. The molecule has 0 fully saturated rings. The number of ether oxygens (including phenoxy) is 1. The minimum Gasteiger partial charge on any atom is -0.463 e. The van der Waals surface area contributed by atoms with E-state index in [0.29, 0.717) is 6.42 Å². The number of aliphatic hydroxyl groups is 1. The zero-order valence-electron chi connectivity index (χ0n) is 18.3. The van der Waals surface area contributed by atoms with Gasteiger partial charge >= 0.3 is 5.97 Å². The number of esters is 1. The highest BCUT2D eigenvalue weighted by Crippen LogP contribution is 2.10. The highest BCUT2D eigenvalue weighted by atomic mass is 16.5. The van der Waals surface area contributed by atoms with Gasteiger partial charge in [0.25, 0.3) is 0 Å². The van der Waals surface area contributed by atoms with Crippen molar-refractivity contribution in [2.24, 2.45) is 0 Å². The highest BCUT2D eigenvalue weighted by molar-refractivity contribution is 5.69. The van der Waals surface area contributed by atoms with Crippen LogP contribution in [-0.4, -0.2) is 24.3 Å². The van der Waals surface area contributed by atoms with E-state index in [1.165, 1.54) is 44.9 Å². The normalized spacial score (nSPS) is 7.33. The van der Waals surface area contributed by atoms with Crippen molar-refractivity contribution < 1.29 is 14.6 Å². The Morgan fingerprint density at radius 2 is 1.00 bits per heavy atom. The lowest BCUT2D eigenvalue weighted by atomic mass is 10.1. The van der Waals surface area contributed by atoms with Gasteiger partial charge < -0.3 is 9.84 Å². The summed E-state index contributed by atoms with van der Waals surface area (Å²) >= 11 is 0. The van der Waals surface area contributed by atoms with Crippen LogP contribution in [0.1, 0.15) is 71.1 Å². The summed E-state index contributed by atoms with van der Waals surface area (Å²) in [6, 6.07) is 0. The first-order valence-corrected chi connectivity index (χ1v) is 9.57. The van der Waals surface area contributed by atoms with Crippen LogP contribution < -0.4 is 0 Å². The molecule has 0 aromatic rings. The lowest BCUT2D eigenvalue weighted by Gasteiger charge is -2.03. The number of carbonyl (C=O) groups is 1. The van der Waals surface area contributed by atoms with Crippen LogP contribution >= 0.6 is 0 Å². The van der Waals surface area contributed by atoms with Crippen molar-refractivity contribution in [3.05, 3.63) is 65.8 Å². The van der Waals surface area contributed by atoms with Crippen molar-refractivity contribution in [3.63, 3.8) is 0 Å². The number of unbranched alkanes of at least 4 members (excludes halogenated alkanes) is 8. The smallest absolute Gasteiger partial charge is 0.305 e. The third kappa shape index (κ3) is 68.5. The monoisotopic (exact) mass is 384 g/mol. The molecule has 0 rings (SSSR count). The van der Waals surface area contributed by atoms with E-state index in [2.05, 4.69) is 72.7 Å². The quantitative estimate of drug-likeness (QED) is 0.216. The van der Waals surface area contributed by atoms with Crippen LogP contribution in [0.4, 0.5) is 0 Å². The highest BCUT2D eigenvalue weighted by Gasteiger charge is 2.01. The fourth-order valence-corrected chi connectivity index (χ4v) is 1.81. The molecule has 0 atom stereocenters. The van der Waals surface area contributed by atoms with Crippen LogP contribution in [0, 0.1) is 0 Å². The molecule has 0 amide bonds.